The second-order valence-electron chi connectivity index (χ2n) is 3.14. The largest absolute Gasteiger partial charge is 0.318 e. The highest BCUT2D eigenvalue weighted by Gasteiger charge is 2.32. The van der Waals surface area contributed by atoms with Crippen LogP contribution in [0.5, 0.6) is 0 Å². The van der Waals surface area contributed by atoms with Gasteiger partial charge >= 0.3 is 0 Å². The molecular formula is C8H13O4PS. The third-order valence-corrected chi connectivity index (χ3v) is 5.40. The van der Waals surface area contributed by atoms with Gasteiger partial charge in [-0.3, -0.25) is 4.57 Å². The van der Waals surface area contributed by atoms with E-state index in [0.717, 1.165) is 0 Å². The summed E-state index contributed by atoms with van der Waals surface area (Å²) in [4.78, 5) is 0. The lowest BCUT2D eigenvalue weighted by Gasteiger charge is -2.14. The van der Waals surface area contributed by atoms with Crippen LogP contribution >= 0.6 is 7.37 Å². The molecule has 1 unspecified atom stereocenters. The Labute approximate surface area is 84.0 Å². The van der Waals surface area contributed by atoms with E-state index in [1.807, 2.05) is 0 Å². The molecule has 1 atom stereocenters. The van der Waals surface area contributed by atoms with Gasteiger partial charge in [0.15, 0.2) is 9.84 Å². The third-order valence-electron chi connectivity index (χ3n) is 2.01. The molecule has 1 rings (SSSR count). The smallest absolute Gasteiger partial charge is 0.246 e. The fourth-order valence-electron chi connectivity index (χ4n) is 1.24. The van der Waals surface area contributed by atoms with Crippen LogP contribution in [0.15, 0.2) is 24.8 Å². The lowest BCUT2D eigenvalue weighted by Crippen LogP contribution is -2.12. The fraction of sp³-hybridized carbons (Fsp3) is 0.500. The molecule has 0 aliphatic carbocycles. The van der Waals surface area contributed by atoms with Crippen molar-refractivity contribution in [1.29, 1.82) is 0 Å². The second kappa shape index (κ2) is 4.01. The highest BCUT2D eigenvalue weighted by molar-refractivity contribution is 7.91. The quantitative estimate of drug-likeness (QED) is 0.698. The van der Waals surface area contributed by atoms with Crippen LogP contribution < -0.4 is 0 Å². The normalized spacial score (nSPS) is 25.9. The van der Waals surface area contributed by atoms with Crippen LogP contribution in [-0.4, -0.2) is 26.0 Å². The molecule has 1 aliphatic heterocycles. The van der Waals surface area contributed by atoms with Gasteiger partial charge in [0.05, 0.1) is 17.6 Å². The van der Waals surface area contributed by atoms with E-state index < -0.39 is 23.3 Å². The van der Waals surface area contributed by atoms with Crippen LogP contribution in [0.4, 0.5) is 0 Å². The summed E-state index contributed by atoms with van der Waals surface area (Å²) in [5.41, 5.74) is 0. The standard InChI is InChI=1S/C8H13O4PS/c1-3-13(9,4-2)12-8-5-6-14(10,11)7-8/h3-4,8H,1-2,5-7H2. The lowest BCUT2D eigenvalue weighted by atomic mass is 10.3. The van der Waals surface area contributed by atoms with E-state index in [4.69, 9.17) is 4.52 Å². The number of hydrogen-bond acceptors (Lipinski definition) is 4. The Balaban J connectivity index is 2.68. The highest BCUT2D eigenvalue weighted by atomic mass is 32.2. The Kier molecular flexibility index (Phi) is 3.35. The van der Waals surface area contributed by atoms with Crippen molar-refractivity contribution in [2.45, 2.75) is 12.5 Å². The molecule has 0 aromatic heterocycles. The van der Waals surface area contributed by atoms with Crippen molar-refractivity contribution in [3.05, 3.63) is 24.8 Å². The molecule has 80 valence electrons. The van der Waals surface area contributed by atoms with Gasteiger partial charge in [-0.05, 0) is 18.1 Å². The van der Waals surface area contributed by atoms with Crippen molar-refractivity contribution >= 4 is 17.2 Å². The Morgan fingerprint density at radius 3 is 2.29 bits per heavy atom. The van der Waals surface area contributed by atoms with Gasteiger partial charge in [-0.1, -0.05) is 13.2 Å². The number of rotatable bonds is 4. The first-order valence-corrected chi connectivity index (χ1v) is 7.75. The Bertz CT molecular complexity index is 372. The molecule has 1 saturated heterocycles. The van der Waals surface area contributed by atoms with Crippen LogP contribution in [0.3, 0.4) is 0 Å². The average molecular weight is 236 g/mol. The van der Waals surface area contributed by atoms with E-state index in [1.165, 1.54) is 11.6 Å². The second-order valence-corrected chi connectivity index (χ2v) is 7.60. The molecule has 0 bridgehead atoms. The zero-order valence-corrected chi connectivity index (χ0v) is 9.47. The zero-order valence-electron chi connectivity index (χ0n) is 7.76. The molecule has 0 saturated carbocycles. The first kappa shape index (κ1) is 11.7. The summed E-state index contributed by atoms with van der Waals surface area (Å²) in [5, 5.41) is 0. The fourth-order valence-corrected chi connectivity index (χ4v) is 3.90. The van der Waals surface area contributed by atoms with E-state index in [-0.39, 0.29) is 11.5 Å². The van der Waals surface area contributed by atoms with Gasteiger partial charge in [0, 0.05) is 0 Å². The molecule has 1 heterocycles. The SMILES string of the molecule is C=CP(=O)(C=C)OC1CCS(=O)(=O)C1. The van der Waals surface area contributed by atoms with Gasteiger partial charge in [0.2, 0.25) is 7.37 Å². The van der Waals surface area contributed by atoms with Crippen LogP contribution in [0.2, 0.25) is 0 Å². The first-order chi connectivity index (χ1) is 6.41. The van der Waals surface area contributed by atoms with E-state index in [0.29, 0.717) is 6.42 Å². The van der Waals surface area contributed by atoms with E-state index in [9.17, 15) is 13.0 Å². The highest BCUT2D eigenvalue weighted by Crippen LogP contribution is 2.51. The maximum Gasteiger partial charge on any atom is 0.246 e. The van der Waals surface area contributed by atoms with Gasteiger partial charge < -0.3 is 4.52 Å². The Morgan fingerprint density at radius 1 is 1.36 bits per heavy atom. The van der Waals surface area contributed by atoms with Crippen molar-refractivity contribution < 1.29 is 17.5 Å². The molecule has 0 aromatic rings. The third kappa shape index (κ3) is 2.80. The van der Waals surface area contributed by atoms with Crippen molar-refractivity contribution in [3.8, 4) is 0 Å². The van der Waals surface area contributed by atoms with Crippen molar-refractivity contribution in [2.24, 2.45) is 0 Å². The molecule has 0 radical (unpaired) electrons. The molecule has 4 nitrogen and oxygen atoms in total. The minimum Gasteiger partial charge on any atom is -0.318 e. The summed E-state index contributed by atoms with van der Waals surface area (Å²) in [7, 11) is -6.02. The molecular weight excluding hydrogens is 223 g/mol. The summed E-state index contributed by atoms with van der Waals surface area (Å²) in [6, 6.07) is 0. The molecule has 1 aliphatic rings. The summed E-state index contributed by atoms with van der Waals surface area (Å²) in [6.07, 6.45) is -0.0876. The van der Waals surface area contributed by atoms with Gasteiger partial charge in [-0.2, -0.15) is 0 Å². The predicted molar refractivity (Wildman–Crippen MR) is 56.1 cm³/mol. The van der Waals surface area contributed by atoms with Crippen LogP contribution in [0, 0.1) is 0 Å². The van der Waals surface area contributed by atoms with Gasteiger partial charge in [-0.15, -0.1) is 0 Å². The predicted octanol–water partition coefficient (Wildman–Crippen LogP) is 1.76. The van der Waals surface area contributed by atoms with Crippen LogP contribution in [0.1, 0.15) is 6.42 Å². The molecule has 0 aromatic carbocycles. The maximum absolute atomic E-state index is 11.7. The van der Waals surface area contributed by atoms with E-state index in [1.54, 1.807) is 0 Å². The number of sulfone groups is 1. The van der Waals surface area contributed by atoms with Gasteiger partial charge in [0.1, 0.15) is 0 Å². The molecule has 6 heteroatoms. The zero-order chi connectivity index (χ0) is 10.8. The average Bonchev–Trinajstić information content (AvgIpc) is 2.45. The van der Waals surface area contributed by atoms with E-state index in [2.05, 4.69) is 13.2 Å². The molecule has 0 spiro atoms. The summed E-state index contributed by atoms with van der Waals surface area (Å²) in [5.74, 6) is 2.42. The summed E-state index contributed by atoms with van der Waals surface area (Å²) < 4.78 is 39.0. The van der Waals surface area contributed by atoms with E-state index >= 15 is 0 Å². The van der Waals surface area contributed by atoms with Crippen LogP contribution in [0.25, 0.3) is 0 Å². The van der Waals surface area contributed by atoms with Crippen molar-refractivity contribution in [2.75, 3.05) is 11.5 Å². The van der Waals surface area contributed by atoms with Crippen LogP contribution in [-0.2, 0) is 18.9 Å². The topological polar surface area (TPSA) is 60.4 Å². The Morgan fingerprint density at radius 2 is 1.93 bits per heavy atom. The first-order valence-electron chi connectivity index (χ1n) is 4.16. The molecule has 0 N–H and O–H groups in total. The molecule has 14 heavy (non-hydrogen) atoms. The monoisotopic (exact) mass is 236 g/mol. The van der Waals surface area contributed by atoms with Crippen molar-refractivity contribution in [3.63, 3.8) is 0 Å². The summed E-state index contributed by atoms with van der Waals surface area (Å²) >= 11 is 0. The Hall–Kier alpha value is -0.380. The lowest BCUT2D eigenvalue weighted by molar-refractivity contribution is 0.239. The maximum atomic E-state index is 11.7. The minimum absolute atomic E-state index is 0.0569. The van der Waals surface area contributed by atoms with Gasteiger partial charge in [-0.25, -0.2) is 8.42 Å². The molecule has 0 amide bonds. The van der Waals surface area contributed by atoms with Gasteiger partial charge in [0.25, 0.3) is 0 Å². The summed E-state index contributed by atoms with van der Waals surface area (Å²) in [6.45, 7) is 6.75. The minimum atomic E-state index is -3.02. The number of hydrogen-bond donors (Lipinski definition) is 0. The van der Waals surface area contributed by atoms with Crippen molar-refractivity contribution in [1.82, 2.24) is 0 Å². The molecule has 1 fully saturated rings.